The first-order valence-electron chi connectivity index (χ1n) is 12.0. The summed E-state index contributed by atoms with van der Waals surface area (Å²) in [5.74, 6) is -5.24. The van der Waals surface area contributed by atoms with Gasteiger partial charge in [0.25, 0.3) is 0 Å². The molecule has 0 fully saturated rings. The predicted molar refractivity (Wildman–Crippen MR) is 135 cm³/mol. The van der Waals surface area contributed by atoms with E-state index in [1.807, 2.05) is 0 Å². The fourth-order valence-corrected chi connectivity index (χ4v) is 3.24. The average Bonchev–Trinajstić information content (AvgIpc) is 3.35. The Morgan fingerprint density at radius 3 is 2.05 bits per heavy atom. The molecule has 16 heteroatoms. The number of aromatic nitrogens is 2. The Hall–Kier alpha value is -4.21. The van der Waals surface area contributed by atoms with Crippen LogP contribution in [-0.2, 0) is 30.4 Å². The van der Waals surface area contributed by atoms with E-state index in [1.165, 1.54) is 12.5 Å². The highest BCUT2D eigenvalue weighted by Gasteiger charge is 2.31. The Bertz CT molecular complexity index is 978. The van der Waals surface area contributed by atoms with E-state index in [9.17, 15) is 29.1 Å². The highest BCUT2D eigenvalue weighted by atomic mass is 16.4. The van der Waals surface area contributed by atoms with Crippen LogP contribution in [0, 0.1) is 5.92 Å². The molecule has 16 nitrogen and oxygen atoms in total. The van der Waals surface area contributed by atoms with Crippen molar-refractivity contribution in [3.8, 4) is 0 Å². The quantitative estimate of drug-likeness (QED) is 0.0561. The Morgan fingerprint density at radius 1 is 0.974 bits per heavy atom. The molecule has 3 amide bonds. The van der Waals surface area contributed by atoms with E-state index in [2.05, 4.69) is 30.9 Å². The zero-order chi connectivity index (χ0) is 28.8. The molecule has 1 heterocycles. The fourth-order valence-electron chi connectivity index (χ4n) is 3.24. The van der Waals surface area contributed by atoms with Crippen LogP contribution in [0.25, 0.3) is 0 Å². The molecule has 38 heavy (non-hydrogen) atoms. The Kier molecular flexibility index (Phi) is 13.2. The normalized spacial score (nSPS) is 14.0. The number of carbonyl (C=O) groups is 5. The molecule has 0 saturated carbocycles. The number of imidazole rings is 1. The molecular formula is C22H37N9O7. The van der Waals surface area contributed by atoms with Gasteiger partial charge in [-0.1, -0.05) is 13.8 Å². The van der Waals surface area contributed by atoms with Crippen molar-refractivity contribution in [3.05, 3.63) is 18.2 Å². The maximum atomic E-state index is 13.1. The van der Waals surface area contributed by atoms with Crippen molar-refractivity contribution >= 4 is 35.6 Å². The van der Waals surface area contributed by atoms with Crippen LogP contribution < -0.4 is 33.2 Å². The van der Waals surface area contributed by atoms with E-state index in [0.717, 1.165) is 0 Å². The molecular weight excluding hydrogens is 502 g/mol. The maximum absolute atomic E-state index is 13.1. The summed E-state index contributed by atoms with van der Waals surface area (Å²) in [5, 5.41) is 25.9. The van der Waals surface area contributed by atoms with Crippen LogP contribution in [0.3, 0.4) is 0 Å². The standard InChI is InChI=1S/C22H37N9O7/c1-11(2)17(23)20(36)30-14(5-6-16(32)33)19(35)29-13(4-3-7-27-22(24)25)18(34)31-15(21(37)38)8-12-9-26-10-28-12/h9-11,13-15,17H,3-8,23H2,1-2H3,(H,26,28)(H,29,35)(H,30,36)(H,31,34)(H,32,33)(H,37,38)(H4,24,25,27). The van der Waals surface area contributed by atoms with E-state index in [4.69, 9.17) is 22.3 Å². The van der Waals surface area contributed by atoms with Gasteiger partial charge < -0.3 is 48.3 Å². The van der Waals surface area contributed by atoms with Gasteiger partial charge in [0.05, 0.1) is 12.4 Å². The third-order valence-corrected chi connectivity index (χ3v) is 5.47. The summed E-state index contributed by atoms with van der Waals surface area (Å²) < 4.78 is 0. The fraction of sp³-hybridized carbons (Fsp3) is 0.591. The molecule has 0 radical (unpaired) electrons. The maximum Gasteiger partial charge on any atom is 0.326 e. The summed E-state index contributed by atoms with van der Waals surface area (Å²) in [6, 6.07) is -4.85. The van der Waals surface area contributed by atoms with Crippen LogP contribution in [0.4, 0.5) is 0 Å². The van der Waals surface area contributed by atoms with Crippen molar-refractivity contribution in [3.63, 3.8) is 0 Å². The minimum atomic E-state index is -1.34. The zero-order valence-electron chi connectivity index (χ0n) is 21.3. The second-order valence-corrected chi connectivity index (χ2v) is 8.95. The van der Waals surface area contributed by atoms with E-state index in [-0.39, 0.29) is 44.1 Å². The number of H-pyrrole nitrogens is 1. The third kappa shape index (κ3) is 11.7. The number of hydrogen-bond donors (Lipinski definition) is 9. The first-order chi connectivity index (χ1) is 17.8. The van der Waals surface area contributed by atoms with Gasteiger partial charge in [0.2, 0.25) is 17.7 Å². The molecule has 0 saturated heterocycles. The topological polar surface area (TPSA) is 281 Å². The Labute approximate surface area is 219 Å². The van der Waals surface area contributed by atoms with Crippen molar-refractivity contribution in [1.82, 2.24) is 25.9 Å². The smallest absolute Gasteiger partial charge is 0.326 e. The summed E-state index contributed by atoms with van der Waals surface area (Å²) in [6.45, 7) is 3.53. The van der Waals surface area contributed by atoms with E-state index >= 15 is 0 Å². The van der Waals surface area contributed by atoms with Crippen LogP contribution >= 0.6 is 0 Å². The third-order valence-electron chi connectivity index (χ3n) is 5.47. The molecule has 1 rings (SSSR count). The zero-order valence-corrected chi connectivity index (χ0v) is 21.3. The highest BCUT2D eigenvalue weighted by molar-refractivity contribution is 5.94. The van der Waals surface area contributed by atoms with Crippen LogP contribution in [0.2, 0.25) is 0 Å². The molecule has 0 aromatic carbocycles. The van der Waals surface area contributed by atoms with Gasteiger partial charge in [-0.15, -0.1) is 0 Å². The lowest BCUT2D eigenvalue weighted by Gasteiger charge is -2.25. The van der Waals surface area contributed by atoms with Gasteiger partial charge in [-0.05, 0) is 25.2 Å². The Balaban J connectivity index is 3.07. The van der Waals surface area contributed by atoms with Gasteiger partial charge in [-0.2, -0.15) is 0 Å². The van der Waals surface area contributed by atoms with E-state index in [1.54, 1.807) is 13.8 Å². The number of aliphatic imine (C=N–C) groups is 1. The second kappa shape index (κ2) is 15.8. The number of carboxylic acids is 2. The van der Waals surface area contributed by atoms with Gasteiger partial charge >= 0.3 is 11.9 Å². The predicted octanol–water partition coefficient (Wildman–Crippen LogP) is -2.61. The van der Waals surface area contributed by atoms with Crippen LogP contribution in [0.5, 0.6) is 0 Å². The van der Waals surface area contributed by atoms with Gasteiger partial charge in [0.1, 0.15) is 18.1 Å². The lowest BCUT2D eigenvalue weighted by molar-refractivity contribution is -0.142. The van der Waals surface area contributed by atoms with Crippen molar-refractivity contribution in [2.75, 3.05) is 6.54 Å². The van der Waals surface area contributed by atoms with Crippen LogP contribution in [0.15, 0.2) is 17.5 Å². The Morgan fingerprint density at radius 2 is 1.55 bits per heavy atom. The largest absolute Gasteiger partial charge is 0.481 e. The number of carboxylic acid groups (broad SMARTS) is 2. The summed E-state index contributed by atoms with van der Waals surface area (Å²) >= 11 is 0. The summed E-state index contributed by atoms with van der Waals surface area (Å²) in [5.41, 5.74) is 16.9. The number of nitrogens with two attached hydrogens (primary N) is 3. The molecule has 4 unspecified atom stereocenters. The first kappa shape index (κ1) is 31.8. The lowest BCUT2D eigenvalue weighted by Crippen LogP contribution is -2.57. The first-order valence-corrected chi connectivity index (χ1v) is 12.0. The number of hydrogen-bond acceptors (Lipinski definition) is 8. The van der Waals surface area contributed by atoms with Gasteiger partial charge in [0, 0.05) is 31.3 Å². The molecule has 212 valence electrons. The van der Waals surface area contributed by atoms with Crippen molar-refractivity contribution in [2.45, 2.75) is 70.1 Å². The SMILES string of the molecule is CC(C)C(N)C(=O)NC(CCC(=O)O)C(=O)NC(CCCN=C(N)N)C(=O)NC(Cc1cnc[nH]1)C(=O)O. The number of guanidine groups is 1. The molecule has 4 atom stereocenters. The molecule has 0 aliphatic carbocycles. The molecule has 12 N–H and O–H groups in total. The summed E-state index contributed by atoms with van der Waals surface area (Å²) in [4.78, 5) is 71.8. The minimum Gasteiger partial charge on any atom is -0.481 e. The van der Waals surface area contributed by atoms with E-state index < -0.39 is 60.2 Å². The molecule has 0 bridgehead atoms. The van der Waals surface area contributed by atoms with Gasteiger partial charge in [-0.25, -0.2) is 9.78 Å². The van der Waals surface area contributed by atoms with Gasteiger partial charge in [-0.3, -0.25) is 24.2 Å². The van der Waals surface area contributed by atoms with E-state index in [0.29, 0.717) is 5.69 Å². The number of aromatic amines is 1. The number of amides is 3. The molecule has 1 aromatic heterocycles. The highest BCUT2D eigenvalue weighted by Crippen LogP contribution is 2.07. The van der Waals surface area contributed by atoms with Gasteiger partial charge in [0.15, 0.2) is 5.96 Å². The molecule has 0 spiro atoms. The number of rotatable bonds is 17. The number of carbonyl (C=O) groups excluding carboxylic acids is 3. The summed E-state index contributed by atoms with van der Waals surface area (Å²) in [7, 11) is 0. The van der Waals surface area contributed by atoms with Crippen molar-refractivity contribution in [1.29, 1.82) is 0 Å². The van der Waals surface area contributed by atoms with Crippen LogP contribution in [-0.4, -0.2) is 86.5 Å². The van der Waals surface area contributed by atoms with Crippen molar-refractivity contribution < 1.29 is 34.2 Å². The monoisotopic (exact) mass is 539 g/mol. The molecule has 1 aromatic rings. The molecule has 0 aliphatic heterocycles. The number of aliphatic carboxylic acids is 2. The van der Waals surface area contributed by atoms with Crippen molar-refractivity contribution in [2.24, 2.45) is 28.1 Å². The average molecular weight is 540 g/mol. The van der Waals surface area contributed by atoms with Crippen LogP contribution in [0.1, 0.15) is 45.2 Å². The number of nitrogens with one attached hydrogen (secondary N) is 4. The second-order valence-electron chi connectivity index (χ2n) is 8.95. The molecule has 0 aliphatic rings. The lowest BCUT2D eigenvalue weighted by atomic mass is 10.0. The summed E-state index contributed by atoms with van der Waals surface area (Å²) in [6.07, 6.45) is 2.21. The number of nitrogens with zero attached hydrogens (tertiary/aromatic N) is 2. The minimum absolute atomic E-state index is 0.00978.